The van der Waals surface area contributed by atoms with E-state index in [4.69, 9.17) is 32.4 Å². The molecule has 0 saturated carbocycles. The van der Waals surface area contributed by atoms with Crippen molar-refractivity contribution in [2.24, 2.45) is 5.10 Å². The van der Waals surface area contributed by atoms with Crippen LogP contribution in [0, 0.1) is 0 Å². The van der Waals surface area contributed by atoms with Crippen LogP contribution in [0.5, 0.6) is 5.75 Å². The molecule has 1 aromatic heterocycles. The van der Waals surface area contributed by atoms with E-state index in [0.717, 1.165) is 15.4 Å². The Morgan fingerprint density at radius 2 is 1.94 bits per heavy atom. The number of benzene rings is 3. The zero-order valence-corrected chi connectivity index (χ0v) is 19.0. The Kier molecular flexibility index (Phi) is 6.61. The summed E-state index contributed by atoms with van der Waals surface area (Å²) in [6.45, 7) is 0.254. The number of nitrogens with zero attached hydrogens (tertiary/aromatic N) is 1. The van der Waals surface area contributed by atoms with Crippen molar-refractivity contribution >= 4 is 62.2 Å². The van der Waals surface area contributed by atoms with Gasteiger partial charge in [-0.25, -0.2) is 5.43 Å². The Bertz CT molecular complexity index is 1250. The lowest BCUT2D eigenvalue weighted by Crippen LogP contribution is -2.16. The Morgan fingerprint density at radius 1 is 1.10 bits per heavy atom. The quantitative estimate of drug-likeness (QED) is 0.225. The molecule has 0 aliphatic carbocycles. The Balaban J connectivity index is 1.46. The van der Waals surface area contributed by atoms with Crippen LogP contribution < -0.4 is 10.2 Å². The topological polar surface area (TPSA) is 63.8 Å². The highest BCUT2D eigenvalue weighted by Gasteiger charge is 2.11. The third kappa shape index (κ3) is 5.28. The minimum absolute atomic E-state index is 0.182. The summed E-state index contributed by atoms with van der Waals surface area (Å²) in [6, 6.07) is 19.8. The van der Waals surface area contributed by atoms with E-state index in [0.29, 0.717) is 26.9 Å². The molecule has 3 aromatic carbocycles. The van der Waals surface area contributed by atoms with Gasteiger partial charge in [0.15, 0.2) is 5.76 Å². The summed E-state index contributed by atoms with van der Waals surface area (Å²) >= 11 is 15.6. The average Bonchev–Trinajstić information content (AvgIpc) is 3.19. The first kappa shape index (κ1) is 21.4. The largest absolute Gasteiger partial charge is 0.488 e. The molecule has 0 radical (unpaired) electrons. The van der Waals surface area contributed by atoms with E-state index >= 15 is 0 Å². The van der Waals surface area contributed by atoms with Gasteiger partial charge in [-0.1, -0.05) is 63.4 Å². The second kappa shape index (κ2) is 9.56. The van der Waals surface area contributed by atoms with Gasteiger partial charge >= 0.3 is 5.91 Å². The minimum atomic E-state index is -0.446. The summed E-state index contributed by atoms with van der Waals surface area (Å²) in [5, 5.41) is 5.98. The van der Waals surface area contributed by atoms with Gasteiger partial charge in [-0.05, 0) is 42.5 Å². The van der Waals surface area contributed by atoms with Crippen LogP contribution in [0.2, 0.25) is 10.0 Å². The maximum atomic E-state index is 12.3. The van der Waals surface area contributed by atoms with Gasteiger partial charge < -0.3 is 9.15 Å². The Morgan fingerprint density at radius 3 is 2.74 bits per heavy atom. The fourth-order valence-corrected chi connectivity index (χ4v) is 3.70. The van der Waals surface area contributed by atoms with E-state index < -0.39 is 5.91 Å². The number of furan rings is 1. The Hall–Kier alpha value is -2.80. The summed E-state index contributed by atoms with van der Waals surface area (Å²) in [4.78, 5) is 12.3. The molecule has 0 spiro atoms. The lowest BCUT2D eigenvalue weighted by atomic mass is 10.2. The van der Waals surface area contributed by atoms with Crippen molar-refractivity contribution in [3.8, 4) is 5.75 Å². The number of hydrogen-bond acceptors (Lipinski definition) is 4. The molecular formula is C23H15BrCl2N2O3. The van der Waals surface area contributed by atoms with Crippen molar-refractivity contribution in [2.45, 2.75) is 6.61 Å². The van der Waals surface area contributed by atoms with Crippen LogP contribution in [0.25, 0.3) is 11.0 Å². The summed E-state index contributed by atoms with van der Waals surface area (Å²) in [5.74, 6) is 0.315. The maximum absolute atomic E-state index is 12.3. The highest BCUT2D eigenvalue weighted by atomic mass is 79.9. The number of hydrazone groups is 1. The number of amides is 1. The van der Waals surface area contributed by atoms with E-state index in [9.17, 15) is 4.79 Å². The molecule has 0 atom stereocenters. The Labute approximate surface area is 196 Å². The number of para-hydroxylation sites is 1. The van der Waals surface area contributed by atoms with Gasteiger partial charge in [0.25, 0.3) is 0 Å². The van der Waals surface area contributed by atoms with Crippen molar-refractivity contribution in [3.05, 3.63) is 98.1 Å². The van der Waals surface area contributed by atoms with Crippen LogP contribution in [0.3, 0.4) is 0 Å². The molecule has 1 N–H and O–H groups in total. The molecule has 8 heteroatoms. The van der Waals surface area contributed by atoms with Crippen molar-refractivity contribution in [1.29, 1.82) is 0 Å². The van der Waals surface area contributed by atoms with Crippen LogP contribution in [0.1, 0.15) is 21.7 Å². The second-order valence-corrected chi connectivity index (χ2v) is 8.31. The molecule has 5 nitrogen and oxygen atoms in total. The SMILES string of the molecule is O=C(N/N=C\c1cc(Br)ccc1OCc1ccc(Cl)cc1Cl)c1cc2ccccc2o1. The predicted octanol–water partition coefficient (Wildman–Crippen LogP) is 6.85. The van der Waals surface area contributed by atoms with Crippen LogP contribution in [-0.2, 0) is 6.61 Å². The van der Waals surface area contributed by atoms with Gasteiger partial charge in [0.05, 0.1) is 6.21 Å². The van der Waals surface area contributed by atoms with Crippen LogP contribution >= 0.6 is 39.1 Å². The molecule has 0 fully saturated rings. The molecular weight excluding hydrogens is 503 g/mol. The van der Waals surface area contributed by atoms with Gasteiger partial charge in [0.2, 0.25) is 0 Å². The molecule has 4 aromatic rings. The number of carbonyl (C=O) groups excluding carboxylic acids is 1. The first-order chi connectivity index (χ1) is 15.0. The maximum Gasteiger partial charge on any atom is 0.307 e. The van der Waals surface area contributed by atoms with E-state index in [1.807, 2.05) is 36.4 Å². The summed E-state index contributed by atoms with van der Waals surface area (Å²) in [7, 11) is 0. The smallest absolute Gasteiger partial charge is 0.307 e. The molecule has 1 amide bonds. The molecule has 0 saturated heterocycles. The van der Waals surface area contributed by atoms with E-state index in [2.05, 4.69) is 26.5 Å². The summed E-state index contributed by atoms with van der Waals surface area (Å²) < 4.78 is 12.3. The summed E-state index contributed by atoms with van der Waals surface area (Å²) in [6.07, 6.45) is 1.50. The number of ether oxygens (including phenoxy) is 1. The van der Waals surface area contributed by atoms with E-state index in [-0.39, 0.29) is 12.4 Å². The molecule has 156 valence electrons. The molecule has 0 aliphatic rings. The van der Waals surface area contributed by atoms with Crippen LogP contribution in [0.15, 0.2) is 80.7 Å². The molecule has 0 bridgehead atoms. The zero-order valence-electron chi connectivity index (χ0n) is 15.9. The molecule has 4 rings (SSSR count). The predicted molar refractivity (Wildman–Crippen MR) is 126 cm³/mol. The van der Waals surface area contributed by atoms with Crippen molar-refractivity contribution in [3.63, 3.8) is 0 Å². The highest BCUT2D eigenvalue weighted by Crippen LogP contribution is 2.26. The first-order valence-corrected chi connectivity index (χ1v) is 10.7. The van der Waals surface area contributed by atoms with E-state index in [1.54, 1.807) is 30.3 Å². The van der Waals surface area contributed by atoms with Gasteiger partial charge in [-0.2, -0.15) is 5.10 Å². The number of hydrogen-bond donors (Lipinski definition) is 1. The highest BCUT2D eigenvalue weighted by molar-refractivity contribution is 9.10. The normalized spacial score (nSPS) is 11.2. The third-order valence-electron chi connectivity index (χ3n) is 4.39. The lowest BCUT2D eigenvalue weighted by Gasteiger charge is -2.11. The van der Waals surface area contributed by atoms with Crippen molar-refractivity contribution in [1.82, 2.24) is 5.43 Å². The number of rotatable bonds is 6. The lowest BCUT2D eigenvalue weighted by molar-refractivity contribution is 0.0929. The fourth-order valence-electron chi connectivity index (χ4n) is 2.86. The summed E-state index contributed by atoms with van der Waals surface area (Å²) in [5.41, 5.74) is 4.59. The number of carbonyl (C=O) groups is 1. The minimum Gasteiger partial charge on any atom is -0.488 e. The zero-order chi connectivity index (χ0) is 21.8. The number of fused-ring (bicyclic) bond motifs is 1. The van der Waals surface area contributed by atoms with Gasteiger partial charge in [0.1, 0.15) is 17.9 Å². The molecule has 1 heterocycles. The number of halogens is 3. The van der Waals surface area contributed by atoms with Gasteiger partial charge in [-0.3, -0.25) is 4.79 Å². The van der Waals surface area contributed by atoms with Gasteiger partial charge in [-0.15, -0.1) is 0 Å². The molecule has 31 heavy (non-hydrogen) atoms. The first-order valence-electron chi connectivity index (χ1n) is 9.18. The van der Waals surface area contributed by atoms with Crippen molar-refractivity contribution in [2.75, 3.05) is 0 Å². The van der Waals surface area contributed by atoms with Crippen LogP contribution in [-0.4, -0.2) is 12.1 Å². The monoisotopic (exact) mass is 516 g/mol. The third-order valence-corrected chi connectivity index (χ3v) is 5.47. The number of nitrogens with one attached hydrogen (secondary N) is 1. The average molecular weight is 518 g/mol. The second-order valence-electron chi connectivity index (χ2n) is 6.55. The standard InChI is InChI=1S/C23H15BrCl2N2O3/c24-17-6-8-20(30-13-15-5-7-18(25)11-19(15)26)16(9-17)12-27-28-23(29)22-10-14-3-1-2-4-21(14)31-22/h1-12H,13H2,(H,28,29)/b27-12-. The van der Waals surface area contributed by atoms with Gasteiger partial charge in [0, 0.05) is 31.0 Å². The molecule has 0 aliphatic heterocycles. The molecule has 0 unspecified atom stereocenters. The van der Waals surface area contributed by atoms with Crippen molar-refractivity contribution < 1.29 is 13.9 Å². The van der Waals surface area contributed by atoms with E-state index in [1.165, 1.54) is 6.21 Å². The fraction of sp³-hybridized carbons (Fsp3) is 0.0435. The van der Waals surface area contributed by atoms with Crippen LogP contribution in [0.4, 0.5) is 0 Å².